The van der Waals surface area contributed by atoms with Gasteiger partial charge in [-0.15, -0.1) is 0 Å². The van der Waals surface area contributed by atoms with E-state index in [0.717, 1.165) is 25.7 Å². The Labute approximate surface area is 107 Å². The summed E-state index contributed by atoms with van der Waals surface area (Å²) >= 11 is 0. The van der Waals surface area contributed by atoms with E-state index in [0.29, 0.717) is 6.42 Å². The van der Waals surface area contributed by atoms with E-state index in [9.17, 15) is 9.59 Å². The second kappa shape index (κ2) is 4.78. The molecule has 5 nitrogen and oxygen atoms in total. The van der Waals surface area contributed by atoms with Crippen LogP contribution in [0, 0.1) is 11.3 Å². The summed E-state index contributed by atoms with van der Waals surface area (Å²) in [5, 5.41) is 14.8. The van der Waals surface area contributed by atoms with Gasteiger partial charge in [0.1, 0.15) is 0 Å². The third kappa shape index (κ3) is 3.15. The molecule has 2 saturated carbocycles. The Bertz CT molecular complexity index is 354. The highest BCUT2D eigenvalue weighted by molar-refractivity contribution is 5.75. The Morgan fingerprint density at radius 2 is 1.89 bits per heavy atom. The summed E-state index contributed by atoms with van der Waals surface area (Å²) < 4.78 is 0. The van der Waals surface area contributed by atoms with E-state index in [-0.39, 0.29) is 29.4 Å². The van der Waals surface area contributed by atoms with Crippen molar-refractivity contribution in [3.8, 4) is 0 Å². The molecule has 3 N–H and O–H groups in total. The zero-order chi connectivity index (χ0) is 13.3. The van der Waals surface area contributed by atoms with Crippen LogP contribution in [0.1, 0.15) is 46.0 Å². The molecule has 2 fully saturated rings. The van der Waals surface area contributed by atoms with Crippen LogP contribution < -0.4 is 10.6 Å². The molecule has 102 valence electrons. The molecule has 0 aliphatic heterocycles. The van der Waals surface area contributed by atoms with Crippen LogP contribution >= 0.6 is 0 Å². The molecular formula is C13H22N2O3. The fourth-order valence-corrected chi connectivity index (χ4v) is 2.64. The van der Waals surface area contributed by atoms with Crippen molar-refractivity contribution in [3.05, 3.63) is 0 Å². The first kappa shape index (κ1) is 13.2. The third-order valence-electron chi connectivity index (χ3n) is 4.18. The molecule has 0 aromatic heterocycles. The molecular weight excluding hydrogens is 232 g/mol. The van der Waals surface area contributed by atoms with E-state index in [2.05, 4.69) is 24.5 Å². The van der Waals surface area contributed by atoms with Gasteiger partial charge >= 0.3 is 12.0 Å². The summed E-state index contributed by atoms with van der Waals surface area (Å²) in [6.07, 6.45) is 4.05. The van der Waals surface area contributed by atoms with Crippen LogP contribution in [0.25, 0.3) is 0 Å². The number of carbonyl (C=O) groups excluding carboxylic acids is 1. The van der Waals surface area contributed by atoms with Gasteiger partial charge in [-0.1, -0.05) is 20.3 Å². The minimum absolute atomic E-state index is 0.00159. The number of rotatable bonds is 3. The van der Waals surface area contributed by atoms with Crippen molar-refractivity contribution in [3.63, 3.8) is 0 Å². The Morgan fingerprint density at radius 3 is 2.44 bits per heavy atom. The highest BCUT2D eigenvalue weighted by Gasteiger charge is 2.46. The number of carbonyl (C=O) groups is 2. The standard InChI is InChI=1S/C13H22N2O3/c1-13(2)7-10(13)15-12(18)14-9-5-3-4-8(6-9)11(16)17/h8-10H,3-7H2,1-2H3,(H,16,17)(H2,14,15,18). The van der Waals surface area contributed by atoms with Crippen molar-refractivity contribution >= 4 is 12.0 Å². The third-order valence-corrected chi connectivity index (χ3v) is 4.18. The van der Waals surface area contributed by atoms with Gasteiger partial charge in [-0.25, -0.2) is 4.79 Å². The number of nitrogens with one attached hydrogen (secondary N) is 2. The number of carboxylic acids is 1. The van der Waals surface area contributed by atoms with Crippen molar-refractivity contribution in [2.45, 2.75) is 58.0 Å². The Kier molecular flexibility index (Phi) is 3.50. The molecule has 18 heavy (non-hydrogen) atoms. The van der Waals surface area contributed by atoms with Crippen molar-refractivity contribution in [1.82, 2.24) is 10.6 Å². The Morgan fingerprint density at radius 1 is 1.22 bits per heavy atom. The van der Waals surface area contributed by atoms with Gasteiger partial charge in [-0.3, -0.25) is 4.79 Å². The van der Waals surface area contributed by atoms with Crippen molar-refractivity contribution in [2.24, 2.45) is 11.3 Å². The number of hydrogen-bond acceptors (Lipinski definition) is 2. The van der Waals surface area contributed by atoms with Gasteiger partial charge in [0, 0.05) is 12.1 Å². The molecule has 0 heterocycles. The van der Waals surface area contributed by atoms with Crippen LogP contribution in [-0.2, 0) is 4.79 Å². The summed E-state index contributed by atoms with van der Waals surface area (Å²) in [4.78, 5) is 22.7. The Balaban J connectivity index is 1.75. The molecule has 2 aliphatic carbocycles. The normalized spacial score (nSPS) is 33.6. The van der Waals surface area contributed by atoms with Crippen molar-refractivity contribution < 1.29 is 14.7 Å². The van der Waals surface area contributed by atoms with E-state index in [1.165, 1.54) is 0 Å². The molecule has 0 aromatic carbocycles. The van der Waals surface area contributed by atoms with Gasteiger partial charge in [0.25, 0.3) is 0 Å². The van der Waals surface area contributed by atoms with Crippen LogP contribution in [-0.4, -0.2) is 29.2 Å². The molecule has 2 rings (SSSR count). The zero-order valence-corrected chi connectivity index (χ0v) is 11.0. The molecule has 0 spiro atoms. The summed E-state index contributed by atoms with van der Waals surface area (Å²) in [5.41, 5.74) is 0.216. The van der Waals surface area contributed by atoms with Crippen LogP contribution in [0.3, 0.4) is 0 Å². The SMILES string of the molecule is CC1(C)CC1NC(=O)NC1CCCC(C(=O)O)C1. The van der Waals surface area contributed by atoms with Gasteiger partial charge in [0.05, 0.1) is 5.92 Å². The fraction of sp³-hybridized carbons (Fsp3) is 0.846. The number of amides is 2. The van der Waals surface area contributed by atoms with Gasteiger partial charge in [-0.05, 0) is 31.1 Å². The topological polar surface area (TPSA) is 78.4 Å². The van der Waals surface area contributed by atoms with E-state index in [4.69, 9.17) is 5.11 Å². The van der Waals surface area contributed by atoms with E-state index in [1.54, 1.807) is 0 Å². The lowest BCUT2D eigenvalue weighted by Crippen LogP contribution is -2.46. The largest absolute Gasteiger partial charge is 0.481 e. The minimum Gasteiger partial charge on any atom is -0.481 e. The molecule has 0 bridgehead atoms. The lowest BCUT2D eigenvalue weighted by atomic mass is 9.86. The maximum absolute atomic E-state index is 11.8. The quantitative estimate of drug-likeness (QED) is 0.717. The Hall–Kier alpha value is -1.26. The predicted octanol–water partition coefficient (Wildman–Crippen LogP) is 1.73. The molecule has 2 aliphatic rings. The molecule has 3 unspecified atom stereocenters. The molecule has 5 heteroatoms. The molecule has 0 saturated heterocycles. The highest BCUT2D eigenvalue weighted by Crippen LogP contribution is 2.44. The smallest absolute Gasteiger partial charge is 0.315 e. The number of aliphatic carboxylic acids is 1. The van der Waals surface area contributed by atoms with Crippen LogP contribution in [0.2, 0.25) is 0 Å². The summed E-state index contributed by atoms with van der Waals surface area (Å²) in [6.45, 7) is 4.25. The predicted molar refractivity (Wildman–Crippen MR) is 67.2 cm³/mol. The summed E-state index contributed by atoms with van der Waals surface area (Å²) in [6, 6.07) is 0.111. The first-order chi connectivity index (χ1) is 8.38. The van der Waals surface area contributed by atoms with Crippen LogP contribution in [0.5, 0.6) is 0 Å². The average Bonchev–Trinajstić information content (AvgIpc) is 2.85. The number of hydrogen-bond donors (Lipinski definition) is 3. The number of urea groups is 1. The summed E-state index contributed by atoms with van der Waals surface area (Å²) in [7, 11) is 0. The summed E-state index contributed by atoms with van der Waals surface area (Å²) in [5.74, 6) is -1.05. The van der Waals surface area contributed by atoms with E-state index < -0.39 is 5.97 Å². The van der Waals surface area contributed by atoms with Gasteiger partial charge in [0.15, 0.2) is 0 Å². The molecule has 0 aromatic rings. The molecule has 3 atom stereocenters. The zero-order valence-electron chi connectivity index (χ0n) is 11.0. The van der Waals surface area contributed by atoms with Gasteiger partial charge in [-0.2, -0.15) is 0 Å². The second-order valence-electron chi connectivity index (χ2n) is 6.26. The fourth-order valence-electron chi connectivity index (χ4n) is 2.64. The first-order valence-electron chi connectivity index (χ1n) is 6.68. The minimum atomic E-state index is -0.745. The molecule has 2 amide bonds. The monoisotopic (exact) mass is 254 g/mol. The highest BCUT2D eigenvalue weighted by atomic mass is 16.4. The number of carboxylic acid groups (broad SMARTS) is 1. The lowest BCUT2D eigenvalue weighted by molar-refractivity contribution is -0.143. The van der Waals surface area contributed by atoms with E-state index in [1.807, 2.05) is 0 Å². The van der Waals surface area contributed by atoms with E-state index >= 15 is 0 Å². The van der Waals surface area contributed by atoms with Crippen molar-refractivity contribution in [1.29, 1.82) is 0 Å². The second-order valence-corrected chi connectivity index (χ2v) is 6.26. The van der Waals surface area contributed by atoms with Crippen molar-refractivity contribution in [2.75, 3.05) is 0 Å². The maximum Gasteiger partial charge on any atom is 0.315 e. The van der Waals surface area contributed by atoms with Crippen LogP contribution in [0.4, 0.5) is 4.79 Å². The molecule has 0 radical (unpaired) electrons. The maximum atomic E-state index is 11.8. The average molecular weight is 254 g/mol. The van der Waals surface area contributed by atoms with Gasteiger partial charge < -0.3 is 15.7 Å². The lowest BCUT2D eigenvalue weighted by Gasteiger charge is -2.27. The van der Waals surface area contributed by atoms with Crippen LogP contribution in [0.15, 0.2) is 0 Å². The first-order valence-corrected chi connectivity index (χ1v) is 6.68. The van der Waals surface area contributed by atoms with Gasteiger partial charge in [0.2, 0.25) is 0 Å².